The molecule has 2 aromatic carbocycles. The maximum Gasteiger partial charge on any atom is 0.234 e. The van der Waals surface area contributed by atoms with Gasteiger partial charge in [-0.05, 0) is 47.9 Å². The minimum Gasteiger partial charge on any atom is -0.459 e. The number of nitrogens with zero attached hydrogens (tertiary/aromatic N) is 4. The summed E-state index contributed by atoms with van der Waals surface area (Å²) in [5.74, 6) is 0.607. The van der Waals surface area contributed by atoms with E-state index in [1.807, 2.05) is 72.3 Å². The van der Waals surface area contributed by atoms with Crippen LogP contribution in [-0.4, -0.2) is 31.4 Å². The fourth-order valence-electron chi connectivity index (χ4n) is 3.39. The molecular weight excluding hydrogens is 398 g/mol. The van der Waals surface area contributed by atoms with Gasteiger partial charge in [-0.25, -0.2) is 4.68 Å². The maximum atomic E-state index is 13.1. The van der Waals surface area contributed by atoms with Crippen LogP contribution in [0.2, 0.25) is 0 Å². The van der Waals surface area contributed by atoms with Gasteiger partial charge in [0.05, 0.1) is 11.3 Å². The second-order valence-electron chi connectivity index (χ2n) is 7.44. The van der Waals surface area contributed by atoms with Gasteiger partial charge in [0, 0.05) is 5.39 Å². The van der Waals surface area contributed by atoms with Crippen molar-refractivity contribution >= 4 is 28.6 Å². The van der Waals surface area contributed by atoms with Crippen LogP contribution in [0.5, 0.6) is 0 Å². The summed E-state index contributed by atoms with van der Waals surface area (Å²) in [6.07, 6.45) is 2.17. The van der Waals surface area contributed by atoms with Crippen molar-refractivity contribution in [3.05, 3.63) is 72.0 Å². The van der Waals surface area contributed by atoms with Gasteiger partial charge < -0.3 is 9.73 Å². The van der Waals surface area contributed by atoms with Crippen LogP contribution in [0.1, 0.15) is 43.2 Å². The summed E-state index contributed by atoms with van der Waals surface area (Å²) in [4.78, 5) is 13.1. The van der Waals surface area contributed by atoms with Gasteiger partial charge in [0.2, 0.25) is 11.1 Å². The quantitative estimate of drug-likeness (QED) is 0.453. The van der Waals surface area contributed by atoms with Crippen molar-refractivity contribution in [1.82, 2.24) is 25.5 Å². The van der Waals surface area contributed by atoms with Crippen LogP contribution in [0.3, 0.4) is 0 Å². The summed E-state index contributed by atoms with van der Waals surface area (Å²) in [7, 11) is 0. The van der Waals surface area contributed by atoms with Gasteiger partial charge in [-0.2, -0.15) is 0 Å². The first kappa shape index (κ1) is 18.9. The lowest BCUT2D eigenvalue weighted by atomic mass is 10.0. The van der Waals surface area contributed by atoms with Gasteiger partial charge in [-0.3, -0.25) is 4.79 Å². The van der Waals surface area contributed by atoms with E-state index in [4.69, 9.17) is 4.42 Å². The van der Waals surface area contributed by atoms with Crippen LogP contribution >= 0.6 is 11.8 Å². The smallest absolute Gasteiger partial charge is 0.234 e. The van der Waals surface area contributed by atoms with Crippen molar-refractivity contribution in [3.8, 4) is 0 Å². The molecule has 30 heavy (non-hydrogen) atoms. The molecule has 2 atom stereocenters. The third-order valence-electron chi connectivity index (χ3n) is 5.16. The lowest BCUT2D eigenvalue weighted by molar-refractivity contribution is -0.120. The average Bonchev–Trinajstić information content (AvgIpc) is 3.35. The number of furan rings is 1. The predicted molar refractivity (Wildman–Crippen MR) is 114 cm³/mol. The minimum atomic E-state index is -0.381. The molecule has 0 bridgehead atoms. The predicted octanol–water partition coefficient (Wildman–Crippen LogP) is 4.14. The highest BCUT2D eigenvalue weighted by atomic mass is 32.2. The molecule has 1 N–H and O–H groups in total. The van der Waals surface area contributed by atoms with E-state index in [0.29, 0.717) is 17.0 Å². The fourth-order valence-corrected chi connectivity index (χ4v) is 4.26. The molecular formula is C22H21N5O2S. The van der Waals surface area contributed by atoms with Crippen LogP contribution in [0.4, 0.5) is 0 Å². The van der Waals surface area contributed by atoms with E-state index >= 15 is 0 Å². The lowest BCUT2D eigenvalue weighted by Gasteiger charge is -2.19. The number of hydrogen-bond donors (Lipinski definition) is 1. The van der Waals surface area contributed by atoms with Gasteiger partial charge >= 0.3 is 0 Å². The largest absolute Gasteiger partial charge is 0.459 e. The fraction of sp³-hybridized carbons (Fsp3) is 0.273. The Labute approximate surface area is 177 Å². The van der Waals surface area contributed by atoms with Crippen molar-refractivity contribution in [2.75, 3.05) is 0 Å². The topological polar surface area (TPSA) is 85.8 Å². The molecule has 1 aliphatic carbocycles. The van der Waals surface area contributed by atoms with Gasteiger partial charge in [-0.15, -0.1) is 5.10 Å². The van der Waals surface area contributed by atoms with Crippen molar-refractivity contribution in [3.63, 3.8) is 0 Å². The highest BCUT2D eigenvalue weighted by molar-refractivity contribution is 8.00. The first-order valence-corrected chi connectivity index (χ1v) is 10.9. The molecule has 2 unspecified atom stereocenters. The first-order valence-electron chi connectivity index (χ1n) is 9.97. The summed E-state index contributed by atoms with van der Waals surface area (Å²) >= 11 is 1.37. The van der Waals surface area contributed by atoms with Crippen LogP contribution in [0, 0.1) is 0 Å². The zero-order valence-electron chi connectivity index (χ0n) is 16.4. The second-order valence-corrected chi connectivity index (χ2v) is 8.74. The van der Waals surface area contributed by atoms with Crippen molar-refractivity contribution in [2.24, 2.45) is 0 Å². The van der Waals surface area contributed by atoms with Crippen molar-refractivity contribution in [1.29, 1.82) is 0 Å². The Morgan fingerprint density at radius 1 is 1.17 bits per heavy atom. The van der Waals surface area contributed by atoms with Crippen molar-refractivity contribution in [2.45, 2.75) is 42.3 Å². The van der Waals surface area contributed by atoms with E-state index in [2.05, 4.69) is 20.8 Å². The third kappa shape index (κ3) is 3.82. The number of para-hydroxylation sites is 1. The monoisotopic (exact) mass is 419 g/mol. The number of amides is 1. The highest BCUT2D eigenvalue weighted by Gasteiger charge is 2.30. The molecule has 2 heterocycles. The number of tetrazole rings is 1. The molecule has 0 saturated heterocycles. The second kappa shape index (κ2) is 7.95. The normalized spacial score (nSPS) is 15.8. The molecule has 1 aliphatic rings. The molecule has 1 fully saturated rings. The van der Waals surface area contributed by atoms with Crippen LogP contribution < -0.4 is 5.32 Å². The molecule has 1 amide bonds. The Morgan fingerprint density at radius 3 is 2.70 bits per heavy atom. The SMILES string of the molecule is CC(Sc1nnnn1C1CC1)C(=O)NC(c1ccccc1)c1cc2ccccc2o1. The van der Waals surface area contributed by atoms with E-state index < -0.39 is 0 Å². The number of benzene rings is 2. The molecule has 1 saturated carbocycles. The Balaban J connectivity index is 1.39. The Kier molecular flexibility index (Phi) is 5.00. The number of nitrogens with one attached hydrogen (secondary N) is 1. The number of hydrogen-bond acceptors (Lipinski definition) is 6. The highest BCUT2D eigenvalue weighted by Crippen LogP contribution is 2.37. The van der Waals surface area contributed by atoms with Crippen molar-refractivity contribution < 1.29 is 9.21 Å². The molecule has 152 valence electrons. The van der Waals surface area contributed by atoms with E-state index in [9.17, 15) is 4.79 Å². The molecule has 0 radical (unpaired) electrons. The molecule has 7 nitrogen and oxygen atoms in total. The van der Waals surface area contributed by atoms with Gasteiger partial charge in [0.1, 0.15) is 17.4 Å². The number of carbonyl (C=O) groups is 1. The summed E-state index contributed by atoms with van der Waals surface area (Å²) in [5.41, 5.74) is 1.76. The molecule has 4 aromatic rings. The molecule has 0 aliphatic heterocycles. The van der Waals surface area contributed by atoms with Gasteiger partial charge in [-0.1, -0.05) is 60.3 Å². The Hall–Kier alpha value is -3.13. The molecule has 0 spiro atoms. The third-order valence-corrected chi connectivity index (χ3v) is 6.20. The number of fused-ring (bicyclic) bond motifs is 1. The molecule has 2 aromatic heterocycles. The Morgan fingerprint density at radius 2 is 1.93 bits per heavy atom. The average molecular weight is 420 g/mol. The van der Waals surface area contributed by atoms with Crippen LogP contribution in [0.15, 0.2) is 70.2 Å². The summed E-state index contributed by atoms with van der Waals surface area (Å²) in [6, 6.07) is 19.7. The number of aromatic nitrogens is 4. The number of rotatable bonds is 7. The maximum absolute atomic E-state index is 13.1. The zero-order chi connectivity index (χ0) is 20.5. The van der Waals surface area contributed by atoms with Crippen LogP contribution in [0.25, 0.3) is 11.0 Å². The van der Waals surface area contributed by atoms with E-state index in [0.717, 1.165) is 29.4 Å². The molecule has 5 rings (SSSR count). The zero-order valence-corrected chi connectivity index (χ0v) is 17.2. The Bertz CT molecular complexity index is 1140. The van der Waals surface area contributed by atoms with E-state index in [1.165, 1.54) is 11.8 Å². The minimum absolute atomic E-state index is 0.0975. The number of thioether (sulfide) groups is 1. The summed E-state index contributed by atoms with van der Waals surface area (Å²) in [5, 5.41) is 16.4. The van der Waals surface area contributed by atoms with Gasteiger partial charge in [0.15, 0.2) is 0 Å². The lowest BCUT2D eigenvalue weighted by Crippen LogP contribution is -2.35. The first-order chi connectivity index (χ1) is 14.7. The summed E-state index contributed by atoms with van der Waals surface area (Å²) < 4.78 is 7.89. The van der Waals surface area contributed by atoms with E-state index in [1.54, 1.807) is 0 Å². The van der Waals surface area contributed by atoms with E-state index in [-0.39, 0.29) is 17.2 Å². The van der Waals surface area contributed by atoms with Crippen LogP contribution in [-0.2, 0) is 4.79 Å². The standard InChI is InChI=1S/C22H21N5O2S/c1-14(30-22-24-25-26-27(22)17-11-12-17)21(28)23-20(15-7-3-2-4-8-15)19-13-16-9-5-6-10-18(16)29-19/h2-10,13-14,17,20H,11-12H2,1H3,(H,23,28). The molecule has 8 heteroatoms. The van der Waals surface area contributed by atoms with Gasteiger partial charge in [0.25, 0.3) is 0 Å². The number of carbonyl (C=O) groups excluding carboxylic acids is 1. The summed E-state index contributed by atoms with van der Waals surface area (Å²) in [6.45, 7) is 1.87.